The third-order valence-corrected chi connectivity index (χ3v) is 4.90. The Bertz CT molecular complexity index is 570. The second kappa shape index (κ2) is 8.02. The number of rotatable bonds is 8. The summed E-state index contributed by atoms with van der Waals surface area (Å²) >= 11 is 0. The van der Waals surface area contributed by atoms with E-state index in [1.807, 2.05) is 19.9 Å². The van der Waals surface area contributed by atoms with Crippen molar-refractivity contribution in [1.82, 2.24) is 5.32 Å². The maximum Gasteiger partial charge on any atom is 0.251 e. The third-order valence-electron chi connectivity index (χ3n) is 3.02. The molecule has 1 atom stereocenters. The molecule has 0 saturated heterocycles. The molecule has 0 heterocycles. The van der Waals surface area contributed by atoms with Crippen LogP contribution >= 0.6 is 0 Å². The van der Waals surface area contributed by atoms with E-state index in [1.54, 1.807) is 25.1 Å². The summed E-state index contributed by atoms with van der Waals surface area (Å²) in [6, 6.07) is 6.88. The lowest BCUT2D eigenvalue weighted by atomic mass is 10.1. The Morgan fingerprint density at radius 3 is 2.62 bits per heavy atom. The zero-order valence-electron chi connectivity index (χ0n) is 12.8. The molecule has 5 nitrogen and oxygen atoms in total. The average Bonchev–Trinajstić information content (AvgIpc) is 2.44. The Morgan fingerprint density at radius 2 is 2.00 bits per heavy atom. The summed E-state index contributed by atoms with van der Waals surface area (Å²) in [6.45, 7) is 6.09. The molecule has 21 heavy (non-hydrogen) atoms. The smallest absolute Gasteiger partial charge is 0.251 e. The Kier molecular flexibility index (Phi) is 6.68. The van der Waals surface area contributed by atoms with E-state index in [-0.39, 0.29) is 23.5 Å². The molecule has 0 aliphatic rings. The fourth-order valence-electron chi connectivity index (χ4n) is 1.92. The molecule has 6 heteroatoms. The van der Waals surface area contributed by atoms with Gasteiger partial charge in [-0.1, -0.05) is 19.9 Å². The second-order valence-corrected chi connectivity index (χ2v) is 7.48. The minimum atomic E-state index is -3.02. The van der Waals surface area contributed by atoms with Crippen LogP contribution in [0.4, 0.5) is 5.69 Å². The maximum atomic E-state index is 11.9. The molecule has 0 aliphatic heterocycles. The van der Waals surface area contributed by atoms with E-state index < -0.39 is 9.84 Å². The van der Waals surface area contributed by atoms with Crippen molar-refractivity contribution < 1.29 is 13.2 Å². The molecule has 0 radical (unpaired) electrons. The van der Waals surface area contributed by atoms with Gasteiger partial charge in [-0.3, -0.25) is 4.79 Å². The molecule has 0 spiro atoms. The Hall–Kier alpha value is -1.56. The average molecular weight is 312 g/mol. The molecular formula is C15H24N2O3S. The Morgan fingerprint density at radius 1 is 1.29 bits per heavy atom. The first-order valence-electron chi connectivity index (χ1n) is 7.23. The van der Waals surface area contributed by atoms with Gasteiger partial charge in [0.15, 0.2) is 9.84 Å². The van der Waals surface area contributed by atoms with Crippen molar-refractivity contribution in [2.45, 2.75) is 33.2 Å². The molecular weight excluding hydrogens is 288 g/mol. The number of benzene rings is 1. The van der Waals surface area contributed by atoms with Gasteiger partial charge in [-0.2, -0.15) is 0 Å². The van der Waals surface area contributed by atoms with Crippen LogP contribution in [-0.4, -0.2) is 38.4 Å². The highest BCUT2D eigenvalue weighted by Crippen LogP contribution is 2.12. The summed E-state index contributed by atoms with van der Waals surface area (Å²) in [5.74, 6) is 0.100. The van der Waals surface area contributed by atoms with Gasteiger partial charge >= 0.3 is 0 Å². The van der Waals surface area contributed by atoms with E-state index in [4.69, 9.17) is 0 Å². The fraction of sp³-hybridized carbons (Fsp3) is 0.533. The first-order chi connectivity index (χ1) is 9.88. The van der Waals surface area contributed by atoms with Crippen molar-refractivity contribution >= 4 is 21.4 Å². The van der Waals surface area contributed by atoms with Crippen molar-refractivity contribution in [1.29, 1.82) is 0 Å². The van der Waals surface area contributed by atoms with Crippen LogP contribution in [0.15, 0.2) is 24.3 Å². The zero-order valence-corrected chi connectivity index (χ0v) is 13.7. The lowest BCUT2D eigenvalue weighted by Gasteiger charge is -2.15. The van der Waals surface area contributed by atoms with Crippen molar-refractivity contribution in [3.63, 3.8) is 0 Å². The van der Waals surface area contributed by atoms with Gasteiger partial charge in [0.1, 0.15) is 0 Å². The van der Waals surface area contributed by atoms with Gasteiger partial charge in [0, 0.05) is 29.6 Å². The lowest BCUT2D eigenvalue weighted by Crippen LogP contribution is -2.27. The van der Waals surface area contributed by atoms with E-state index >= 15 is 0 Å². The fourth-order valence-corrected chi connectivity index (χ4v) is 3.00. The summed E-state index contributed by atoms with van der Waals surface area (Å²) < 4.78 is 23.2. The number of carbonyl (C=O) groups is 1. The van der Waals surface area contributed by atoms with Crippen LogP contribution in [0.1, 0.15) is 37.6 Å². The van der Waals surface area contributed by atoms with E-state index in [9.17, 15) is 13.2 Å². The molecule has 2 N–H and O–H groups in total. The molecule has 1 aromatic rings. The number of anilines is 1. The van der Waals surface area contributed by atoms with Gasteiger partial charge in [0.05, 0.1) is 5.75 Å². The number of hydrogen-bond donors (Lipinski definition) is 2. The number of sulfone groups is 1. The van der Waals surface area contributed by atoms with Crippen LogP contribution in [0, 0.1) is 0 Å². The van der Waals surface area contributed by atoms with Gasteiger partial charge in [-0.15, -0.1) is 0 Å². The maximum absolute atomic E-state index is 11.9. The highest BCUT2D eigenvalue weighted by molar-refractivity contribution is 7.91. The second-order valence-electron chi connectivity index (χ2n) is 5.08. The van der Waals surface area contributed by atoms with E-state index in [2.05, 4.69) is 10.6 Å². The summed E-state index contributed by atoms with van der Waals surface area (Å²) in [4.78, 5) is 11.9. The standard InChI is InChI=1S/C15H24N2O3S/c1-4-9-16-15(18)13-7-6-8-14(10-13)17-12(3)11-21(19,20)5-2/h6-8,10,12,17H,4-5,9,11H2,1-3H3,(H,16,18). The van der Waals surface area contributed by atoms with Crippen LogP contribution in [0.25, 0.3) is 0 Å². The number of amides is 1. The predicted molar refractivity (Wildman–Crippen MR) is 86.5 cm³/mol. The van der Waals surface area contributed by atoms with Crippen LogP contribution < -0.4 is 10.6 Å². The molecule has 0 aromatic heterocycles. The highest BCUT2D eigenvalue weighted by atomic mass is 32.2. The molecule has 0 bridgehead atoms. The first kappa shape index (κ1) is 17.5. The largest absolute Gasteiger partial charge is 0.382 e. The lowest BCUT2D eigenvalue weighted by molar-refractivity contribution is 0.0953. The number of nitrogens with one attached hydrogen (secondary N) is 2. The van der Waals surface area contributed by atoms with Crippen LogP contribution in [0.3, 0.4) is 0 Å². The van der Waals surface area contributed by atoms with Gasteiger partial charge in [0.2, 0.25) is 0 Å². The predicted octanol–water partition coefficient (Wildman–Crippen LogP) is 2.06. The summed E-state index contributed by atoms with van der Waals surface area (Å²) in [5, 5.41) is 5.94. The SMILES string of the molecule is CCCNC(=O)c1cccc(NC(C)CS(=O)(=O)CC)c1. The van der Waals surface area contributed by atoms with Crippen molar-refractivity contribution in [3.05, 3.63) is 29.8 Å². The van der Waals surface area contributed by atoms with Crippen molar-refractivity contribution in [2.24, 2.45) is 0 Å². The Balaban J connectivity index is 2.70. The first-order valence-corrected chi connectivity index (χ1v) is 9.05. The van der Waals surface area contributed by atoms with E-state index in [1.165, 1.54) is 0 Å². The number of carbonyl (C=O) groups excluding carboxylic acids is 1. The van der Waals surface area contributed by atoms with E-state index in [0.717, 1.165) is 12.1 Å². The van der Waals surface area contributed by atoms with E-state index in [0.29, 0.717) is 12.1 Å². The molecule has 1 unspecified atom stereocenters. The quantitative estimate of drug-likeness (QED) is 0.770. The third kappa shape index (κ3) is 6.16. The Labute approximate surface area is 127 Å². The van der Waals surface area contributed by atoms with Gasteiger partial charge in [-0.25, -0.2) is 8.42 Å². The molecule has 1 amide bonds. The van der Waals surface area contributed by atoms with Gasteiger partial charge < -0.3 is 10.6 Å². The van der Waals surface area contributed by atoms with Gasteiger partial charge in [-0.05, 0) is 31.5 Å². The normalized spacial score (nSPS) is 12.7. The minimum absolute atomic E-state index is 0.0791. The van der Waals surface area contributed by atoms with Crippen molar-refractivity contribution in [3.8, 4) is 0 Å². The molecule has 1 aromatic carbocycles. The molecule has 0 fully saturated rings. The molecule has 0 saturated carbocycles. The summed E-state index contributed by atoms with van der Waals surface area (Å²) in [7, 11) is -3.02. The highest BCUT2D eigenvalue weighted by Gasteiger charge is 2.14. The minimum Gasteiger partial charge on any atom is -0.382 e. The molecule has 0 aliphatic carbocycles. The summed E-state index contributed by atoms with van der Waals surface area (Å²) in [5.41, 5.74) is 1.32. The number of hydrogen-bond acceptors (Lipinski definition) is 4. The molecule has 118 valence electrons. The summed E-state index contributed by atoms with van der Waals surface area (Å²) in [6.07, 6.45) is 0.885. The van der Waals surface area contributed by atoms with Crippen LogP contribution in [-0.2, 0) is 9.84 Å². The zero-order chi connectivity index (χ0) is 15.9. The van der Waals surface area contributed by atoms with Gasteiger partial charge in [0.25, 0.3) is 5.91 Å². The monoisotopic (exact) mass is 312 g/mol. The topological polar surface area (TPSA) is 75.3 Å². The van der Waals surface area contributed by atoms with Crippen LogP contribution in [0.2, 0.25) is 0 Å². The molecule has 1 rings (SSSR count). The van der Waals surface area contributed by atoms with Crippen LogP contribution in [0.5, 0.6) is 0 Å². The van der Waals surface area contributed by atoms with Crippen molar-refractivity contribution in [2.75, 3.05) is 23.4 Å².